The van der Waals surface area contributed by atoms with Gasteiger partial charge in [0, 0.05) is 25.7 Å². The molecule has 2 aromatic rings. The number of benzene rings is 2. The van der Waals surface area contributed by atoms with Gasteiger partial charge in [-0.2, -0.15) is 0 Å². The van der Waals surface area contributed by atoms with Gasteiger partial charge in [0.25, 0.3) is 23.6 Å². The molecule has 2 aliphatic heterocycles. The zero-order chi connectivity index (χ0) is 28.0. The Hall–Kier alpha value is -5.40. The maximum atomic E-state index is 12.1. The average Bonchev–Trinajstić information content (AvgIpc) is 3.39. The molecule has 14 nitrogen and oxygen atoms in total. The van der Waals surface area contributed by atoms with Gasteiger partial charge in [0.15, 0.2) is 0 Å². The Kier molecular flexibility index (Phi) is 8.27. The second-order valence-electron chi connectivity index (χ2n) is 7.69. The molecule has 2 saturated heterocycles. The van der Waals surface area contributed by atoms with E-state index in [2.05, 4.69) is 0 Å². The van der Waals surface area contributed by atoms with E-state index in [0.717, 1.165) is 12.1 Å². The van der Waals surface area contributed by atoms with E-state index >= 15 is 0 Å². The molecule has 2 aromatic carbocycles. The maximum Gasteiger partial charge on any atom is 0.363 e. The van der Waals surface area contributed by atoms with Crippen LogP contribution >= 0.6 is 0 Å². The van der Waals surface area contributed by atoms with Crippen LogP contribution in [0.15, 0.2) is 48.5 Å². The van der Waals surface area contributed by atoms with Crippen molar-refractivity contribution in [1.82, 2.24) is 10.1 Å². The number of amides is 4. The molecule has 0 spiro atoms. The van der Waals surface area contributed by atoms with Crippen LogP contribution in [0.4, 0.5) is 0 Å². The molecular weight excluding hydrogens is 508 g/mol. The Morgan fingerprint density at radius 2 is 0.842 bits per heavy atom. The zero-order valence-corrected chi connectivity index (χ0v) is 19.3. The van der Waals surface area contributed by atoms with Crippen molar-refractivity contribution in [2.24, 2.45) is 0 Å². The third-order valence-electron chi connectivity index (χ3n) is 5.05. The number of rotatable bonds is 6. The summed E-state index contributed by atoms with van der Waals surface area (Å²) < 4.78 is 0. The summed E-state index contributed by atoms with van der Waals surface area (Å²) >= 11 is 0. The summed E-state index contributed by atoms with van der Waals surface area (Å²) in [7, 11) is 0. The molecule has 196 valence electrons. The van der Waals surface area contributed by atoms with E-state index < -0.39 is 47.5 Å². The molecule has 0 aliphatic carbocycles. The van der Waals surface area contributed by atoms with Crippen LogP contribution in [0.5, 0.6) is 0 Å². The van der Waals surface area contributed by atoms with Gasteiger partial charge in [0.2, 0.25) is 0 Å². The molecular formula is C24H18N2O12. The van der Waals surface area contributed by atoms with Crippen molar-refractivity contribution in [3.05, 3.63) is 70.8 Å². The molecule has 0 unspecified atom stereocenters. The molecule has 0 atom stereocenters. The Bertz CT molecular complexity index is 1240. The number of carboxylic acid groups (broad SMARTS) is 2. The van der Waals surface area contributed by atoms with Gasteiger partial charge in [0.05, 0.1) is 22.3 Å². The Morgan fingerprint density at radius 1 is 0.553 bits per heavy atom. The van der Waals surface area contributed by atoms with Crippen molar-refractivity contribution >= 4 is 47.5 Å². The summed E-state index contributed by atoms with van der Waals surface area (Å²) in [6.07, 6.45) is -0.181. The van der Waals surface area contributed by atoms with Gasteiger partial charge in [-0.1, -0.05) is 12.1 Å². The molecule has 4 rings (SSSR count). The van der Waals surface area contributed by atoms with Crippen LogP contribution in [-0.2, 0) is 28.9 Å². The SMILES string of the molecule is O=C(O)c1cccc(C(=O)O)c1.O=C(ON1C(=O)CCC1=O)c1cccc(C(=O)ON2C(=O)CCC2=O)c1. The lowest BCUT2D eigenvalue weighted by Crippen LogP contribution is -2.32. The van der Waals surface area contributed by atoms with Gasteiger partial charge < -0.3 is 19.9 Å². The number of hydrogen-bond acceptors (Lipinski definition) is 10. The minimum atomic E-state index is -1.13. The van der Waals surface area contributed by atoms with Crippen molar-refractivity contribution < 1.29 is 58.2 Å². The number of aromatic carboxylic acids is 2. The zero-order valence-electron chi connectivity index (χ0n) is 19.3. The highest BCUT2D eigenvalue weighted by Gasteiger charge is 2.34. The van der Waals surface area contributed by atoms with Crippen LogP contribution in [0.1, 0.15) is 67.1 Å². The van der Waals surface area contributed by atoms with Gasteiger partial charge in [-0.05, 0) is 36.4 Å². The highest BCUT2D eigenvalue weighted by molar-refractivity contribution is 6.04. The molecule has 2 N–H and O–H groups in total. The first kappa shape index (κ1) is 27.2. The van der Waals surface area contributed by atoms with Crippen molar-refractivity contribution in [1.29, 1.82) is 0 Å². The lowest BCUT2D eigenvalue weighted by atomic mass is 10.1. The minimum Gasteiger partial charge on any atom is -0.478 e. The predicted octanol–water partition coefficient (Wildman–Crippen LogP) is 1.21. The number of nitrogens with zero attached hydrogens (tertiary/aromatic N) is 2. The van der Waals surface area contributed by atoms with Crippen LogP contribution < -0.4 is 0 Å². The van der Waals surface area contributed by atoms with E-state index in [1.165, 1.54) is 36.4 Å². The molecule has 0 bridgehead atoms. The highest BCUT2D eigenvalue weighted by atomic mass is 16.7. The largest absolute Gasteiger partial charge is 0.478 e. The fourth-order valence-corrected chi connectivity index (χ4v) is 3.15. The fourth-order valence-electron chi connectivity index (χ4n) is 3.15. The Balaban J connectivity index is 0.000000279. The maximum absolute atomic E-state index is 12.1. The standard InChI is InChI=1S/C16H12N2O8.C8H6O4/c19-11-4-5-12(20)17(11)25-15(23)9-2-1-3-10(8-9)16(24)26-18-13(21)6-7-14(18)22;9-7(10)5-2-1-3-6(4-5)8(11)12/h1-3,8H,4-7H2;1-4H,(H,9,10)(H,11,12). The van der Waals surface area contributed by atoms with Crippen molar-refractivity contribution in [2.45, 2.75) is 25.7 Å². The predicted molar refractivity (Wildman–Crippen MR) is 120 cm³/mol. The molecule has 14 heteroatoms. The van der Waals surface area contributed by atoms with Gasteiger partial charge in [-0.15, -0.1) is 10.1 Å². The van der Waals surface area contributed by atoms with Crippen molar-refractivity contribution in [2.75, 3.05) is 0 Å². The first-order valence-electron chi connectivity index (χ1n) is 10.8. The molecule has 2 aliphatic rings. The molecule has 0 aromatic heterocycles. The van der Waals surface area contributed by atoms with E-state index in [1.54, 1.807) is 0 Å². The highest BCUT2D eigenvalue weighted by Crippen LogP contribution is 2.17. The monoisotopic (exact) mass is 526 g/mol. The van der Waals surface area contributed by atoms with Crippen molar-refractivity contribution in [3.63, 3.8) is 0 Å². The normalized spacial score (nSPS) is 14.6. The quantitative estimate of drug-likeness (QED) is 0.510. The van der Waals surface area contributed by atoms with Gasteiger partial charge >= 0.3 is 23.9 Å². The van der Waals surface area contributed by atoms with E-state index in [9.17, 15) is 38.4 Å². The number of carbonyl (C=O) groups is 8. The molecule has 2 fully saturated rings. The molecule has 0 saturated carbocycles. The first-order chi connectivity index (χ1) is 18.0. The van der Waals surface area contributed by atoms with Gasteiger partial charge in [-0.25, -0.2) is 19.2 Å². The lowest BCUT2D eigenvalue weighted by molar-refractivity contribution is -0.173. The molecule has 4 amide bonds. The van der Waals surface area contributed by atoms with E-state index in [0.29, 0.717) is 10.1 Å². The van der Waals surface area contributed by atoms with Gasteiger partial charge in [0.1, 0.15) is 0 Å². The van der Waals surface area contributed by atoms with Crippen LogP contribution in [0.3, 0.4) is 0 Å². The minimum absolute atomic E-state index is 0.0186. The van der Waals surface area contributed by atoms with E-state index in [-0.39, 0.29) is 47.9 Å². The van der Waals surface area contributed by atoms with E-state index in [4.69, 9.17) is 19.9 Å². The number of carboxylic acids is 2. The summed E-state index contributed by atoms with van der Waals surface area (Å²) in [6, 6.07) is 10.2. The molecule has 38 heavy (non-hydrogen) atoms. The first-order valence-corrected chi connectivity index (χ1v) is 10.8. The van der Waals surface area contributed by atoms with Crippen LogP contribution in [-0.4, -0.2) is 67.8 Å². The van der Waals surface area contributed by atoms with Gasteiger partial charge in [-0.3, -0.25) is 19.2 Å². The van der Waals surface area contributed by atoms with E-state index in [1.807, 2.05) is 0 Å². The second-order valence-corrected chi connectivity index (χ2v) is 7.69. The lowest BCUT2D eigenvalue weighted by Gasteiger charge is -2.14. The fraction of sp³-hybridized carbons (Fsp3) is 0.167. The summed E-state index contributed by atoms with van der Waals surface area (Å²) in [5.41, 5.74) is -0.276. The van der Waals surface area contributed by atoms with Crippen molar-refractivity contribution in [3.8, 4) is 0 Å². The topological polar surface area (TPSA) is 202 Å². The summed E-state index contributed by atoms with van der Waals surface area (Å²) in [5, 5.41) is 17.8. The summed E-state index contributed by atoms with van der Waals surface area (Å²) in [6.45, 7) is 0. The van der Waals surface area contributed by atoms with Crippen LogP contribution in [0.25, 0.3) is 0 Å². The molecule has 2 heterocycles. The number of imide groups is 2. The van der Waals surface area contributed by atoms with Crippen LogP contribution in [0.2, 0.25) is 0 Å². The Morgan fingerprint density at radius 3 is 1.16 bits per heavy atom. The van der Waals surface area contributed by atoms with Crippen LogP contribution in [0, 0.1) is 0 Å². The molecule has 0 radical (unpaired) electrons. The average molecular weight is 526 g/mol. The number of hydroxylamine groups is 4. The summed E-state index contributed by atoms with van der Waals surface area (Å²) in [4.78, 5) is 100. The number of carbonyl (C=O) groups excluding carboxylic acids is 6. The second kappa shape index (κ2) is 11.6. The number of hydrogen-bond donors (Lipinski definition) is 2. The Labute approximate surface area is 212 Å². The third kappa shape index (κ3) is 6.42. The third-order valence-corrected chi connectivity index (χ3v) is 5.05. The summed E-state index contributed by atoms with van der Waals surface area (Å²) in [5.74, 6) is -6.82. The smallest absolute Gasteiger partial charge is 0.363 e.